The van der Waals surface area contributed by atoms with Crippen LogP contribution in [0.5, 0.6) is 0 Å². The molecule has 0 heterocycles. The van der Waals surface area contributed by atoms with Crippen LogP contribution in [0.1, 0.15) is 55.9 Å². The first-order valence-electron chi connectivity index (χ1n) is 16.3. The van der Waals surface area contributed by atoms with Crippen molar-refractivity contribution in [1.82, 2.24) is 0 Å². The van der Waals surface area contributed by atoms with Gasteiger partial charge in [0, 0.05) is 14.4 Å². The molecule has 0 unspecified atom stereocenters. The molecule has 5 aromatic carbocycles. The third-order valence-electron chi connectivity index (χ3n) is 10.5. The molecule has 0 fully saturated rings. The van der Waals surface area contributed by atoms with Crippen molar-refractivity contribution in [2.45, 2.75) is 50.1 Å². The number of benzene rings is 5. The summed E-state index contributed by atoms with van der Waals surface area (Å²) in [5, 5.41) is 3.17. The summed E-state index contributed by atoms with van der Waals surface area (Å²) in [5.41, 5.74) is 8.23. The fourth-order valence-corrected chi connectivity index (χ4v) is 14.7. The highest BCUT2D eigenvalue weighted by atomic mass is 79.9. The van der Waals surface area contributed by atoms with Crippen LogP contribution in [0.15, 0.2) is 155 Å². The van der Waals surface area contributed by atoms with E-state index in [4.69, 9.17) is 0 Å². The lowest BCUT2D eigenvalue weighted by Crippen LogP contribution is -2.65. The molecule has 230 valence electrons. The van der Waals surface area contributed by atoms with Crippen LogP contribution >= 0.6 is 31.9 Å². The van der Waals surface area contributed by atoms with E-state index >= 15 is 0 Å². The first-order chi connectivity index (χ1) is 22.2. The molecule has 0 saturated carbocycles. The van der Waals surface area contributed by atoms with Crippen LogP contribution in [0.3, 0.4) is 0 Å². The van der Waals surface area contributed by atoms with Gasteiger partial charge in [-0.05, 0) is 87.5 Å². The van der Waals surface area contributed by atoms with Crippen molar-refractivity contribution in [2.75, 3.05) is 0 Å². The molecule has 46 heavy (non-hydrogen) atoms. The van der Waals surface area contributed by atoms with Crippen molar-refractivity contribution in [2.24, 2.45) is 5.92 Å². The van der Waals surface area contributed by atoms with E-state index in [0.717, 1.165) is 27.8 Å². The average molecular weight is 745 g/mol. The third kappa shape index (κ3) is 5.65. The van der Waals surface area contributed by atoms with Gasteiger partial charge in [0.15, 0.2) is 0 Å². The van der Waals surface area contributed by atoms with Gasteiger partial charge in [-0.25, -0.2) is 0 Å². The highest BCUT2D eigenvalue weighted by Crippen LogP contribution is 2.55. The molecule has 2 aliphatic carbocycles. The van der Waals surface area contributed by atoms with Gasteiger partial charge < -0.3 is 0 Å². The zero-order chi connectivity index (χ0) is 31.9. The van der Waals surface area contributed by atoms with Gasteiger partial charge in [-0.15, -0.1) is 0 Å². The normalized spacial score (nSPS) is 19.5. The van der Waals surface area contributed by atoms with Crippen molar-refractivity contribution < 1.29 is 0 Å². The maximum Gasteiger partial charge on any atom is 0.123 e. The molecule has 0 saturated heterocycles. The Hall–Kier alpha value is -3.24. The van der Waals surface area contributed by atoms with Gasteiger partial charge in [0.05, 0.1) is 0 Å². The summed E-state index contributed by atoms with van der Waals surface area (Å²) in [6.07, 6.45) is 7.42. The maximum absolute atomic E-state index is 3.69. The standard InChI is InChI=1S/C43H40Br2Si/c1-42(2,3)46(37-12-6-4-7-13-37,38-14-8-5-9-15-38)30-31-26-34(32-18-22-35(44)23-19-32)28-43(27-31)29-40(33-20-24-36(45)25-21-33)39-16-10-11-17-41(39)43/h4-26,29,31H,27-28,30H2,1-3H3/t31-,43+/m0/s1. The number of halogens is 2. The first-order valence-corrected chi connectivity index (χ1v) is 20.1. The highest BCUT2D eigenvalue weighted by Gasteiger charge is 2.51. The van der Waals surface area contributed by atoms with Gasteiger partial charge in [-0.1, -0.05) is 184 Å². The van der Waals surface area contributed by atoms with Crippen LogP contribution in [0.4, 0.5) is 0 Å². The smallest absolute Gasteiger partial charge is 0.0778 e. The van der Waals surface area contributed by atoms with E-state index in [1.165, 1.54) is 43.8 Å². The minimum absolute atomic E-state index is 0.0772. The summed E-state index contributed by atoms with van der Waals surface area (Å²) in [6, 6.07) is 51.2. The summed E-state index contributed by atoms with van der Waals surface area (Å²) in [6.45, 7) is 7.48. The van der Waals surface area contributed by atoms with Gasteiger partial charge >= 0.3 is 0 Å². The van der Waals surface area contributed by atoms with Crippen LogP contribution in [0.2, 0.25) is 11.1 Å². The van der Waals surface area contributed by atoms with E-state index in [9.17, 15) is 0 Å². The van der Waals surface area contributed by atoms with Gasteiger partial charge in [-0.3, -0.25) is 0 Å². The van der Waals surface area contributed by atoms with Crippen LogP contribution < -0.4 is 10.4 Å². The SMILES string of the molecule is CC(C)(C)[Si](C[C@H]1C=C(c2ccc(Br)cc2)C[C@@]2(C=C(c3ccc(Br)cc3)c3ccccc32)C1)(c1ccccc1)c1ccccc1. The summed E-state index contributed by atoms with van der Waals surface area (Å²) < 4.78 is 2.23. The lowest BCUT2D eigenvalue weighted by atomic mass is 9.67. The number of allylic oxidation sites excluding steroid dienone is 3. The largest absolute Gasteiger partial charge is 0.123 e. The minimum Gasteiger partial charge on any atom is -0.0778 e. The zero-order valence-corrected chi connectivity index (χ0v) is 31.0. The predicted molar refractivity (Wildman–Crippen MR) is 207 cm³/mol. The van der Waals surface area contributed by atoms with E-state index in [-0.39, 0.29) is 10.5 Å². The van der Waals surface area contributed by atoms with E-state index < -0.39 is 8.07 Å². The van der Waals surface area contributed by atoms with Crippen LogP contribution in [-0.2, 0) is 5.41 Å². The fourth-order valence-electron chi connectivity index (χ4n) is 8.46. The Balaban J connectivity index is 1.43. The lowest BCUT2D eigenvalue weighted by molar-refractivity contribution is 0.425. The molecular weight excluding hydrogens is 704 g/mol. The Bertz CT molecular complexity index is 1860. The lowest BCUT2D eigenvalue weighted by Gasteiger charge is -2.48. The summed E-state index contributed by atoms with van der Waals surface area (Å²) in [5.74, 6) is 0.410. The van der Waals surface area contributed by atoms with Crippen LogP contribution in [-0.4, -0.2) is 8.07 Å². The Labute approximate surface area is 292 Å². The summed E-state index contributed by atoms with van der Waals surface area (Å²) in [4.78, 5) is 0. The van der Waals surface area contributed by atoms with Crippen LogP contribution in [0.25, 0.3) is 11.1 Å². The maximum atomic E-state index is 3.69. The number of fused-ring (bicyclic) bond motifs is 2. The molecule has 1 spiro atoms. The second-order valence-corrected chi connectivity index (χ2v) is 20.9. The molecular formula is C43H40Br2Si. The molecule has 0 aliphatic heterocycles. The third-order valence-corrected chi connectivity index (χ3v) is 17.9. The van der Waals surface area contributed by atoms with Crippen molar-refractivity contribution in [3.05, 3.63) is 177 Å². The van der Waals surface area contributed by atoms with E-state index in [1.54, 1.807) is 0 Å². The Kier molecular flexibility index (Phi) is 8.46. The molecule has 0 amide bonds. The average Bonchev–Trinajstić information content (AvgIpc) is 3.37. The van der Waals surface area contributed by atoms with Gasteiger partial charge in [0.1, 0.15) is 8.07 Å². The summed E-state index contributed by atoms with van der Waals surface area (Å²) in [7, 11) is -2.30. The van der Waals surface area contributed by atoms with Gasteiger partial charge in [0.25, 0.3) is 0 Å². The Morgan fingerprint density at radius 1 is 0.652 bits per heavy atom. The second-order valence-electron chi connectivity index (χ2n) is 14.2. The molecule has 5 aromatic rings. The topological polar surface area (TPSA) is 0 Å². The molecule has 2 atom stereocenters. The van der Waals surface area contributed by atoms with Crippen molar-refractivity contribution in [3.63, 3.8) is 0 Å². The van der Waals surface area contributed by atoms with Gasteiger partial charge in [0.2, 0.25) is 0 Å². The van der Waals surface area contributed by atoms with E-state index in [1.807, 2.05) is 0 Å². The second kappa shape index (κ2) is 12.4. The fraction of sp³-hybridized carbons (Fsp3) is 0.209. The zero-order valence-electron chi connectivity index (χ0n) is 26.8. The molecule has 0 nitrogen and oxygen atoms in total. The Morgan fingerprint density at radius 3 is 1.74 bits per heavy atom. The predicted octanol–water partition coefficient (Wildman–Crippen LogP) is 11.5. The molecule has 3 heteroatoms. The van der Waals surface area contributed by atoms with Crippen molar-refractivity contribution in [1.29, 1.82) is 0 Å². The van der Waals surface area contributed by atoms with E-state index in [2.05, 4.69) is 198 Å². The first kappa shape index (κ1) is 31.4. The monoisotopic (exact) mass is 742 g/mol. The highest BCUT2D eigenvalue weighted by molar-refractivity contribution is 9.10. The molecule has 0 N–H and O–H groups in total. The van der Waals surface area contributed by atoms with Crippen molar-refractivity contribution in [3.8, 4) is 0 Å². The van der Waals surface area contributed by atoms with Crippen LogP contribution in [0, 0.1) is 5.92 Å². The minimum atomic E-state index is -2.30. The molecule has 7 rings (SSSR count). The van der Waals surface area contributed by atoms with E-state index in [0.29, 0.717) is 5.92 Å². The Morgan fingerprint density at radius 2 is 1.17 bits per heavy atom. The quantitative estimate of drug-likeness (QED) is 0.152. The number of hydrogen-bond donors (Lipinski definition) is 0. The number of rotatable bonds is 6. The number of hydrogen-bond acceptors (Lipinski definition) is 0. The van der Waals surface area contributed by atoms with Crippen molar-refractivity contribution >= 4 is 61.5 Å². The molecule has 0 radical (unpaired) electrons. The molecule has 2 aliphatic rings. The molecule has 0 aromatic heterocycles. The summed E-state index contributed by atoms with van der Waals surface area (Å²) >= 11 is 7.35. The van der Waals surface area contributed by atoms with Gasteiger partial charge in [-0.2, -0.15) is 0 Å². The molecule has 0 bridgehead atoms.